The van der Waals surface area contributed by atoms with Crippen LogP contribution < -0.4 is 5.32 Å². The zero-order valence-electron chi connectivity index (χ0n) is 13.8. The fraction of sp³-hybridized carbons (Fsp3) is 0.688. The third-order valence-corrected chi connectivity index (χ3v) is 7.44. The molecule has 0 saturated carbocycles. The van der Waals surface area contributed by atoms with Gasteiger partial charge in [0.25, 0.3) is 10.0 Å². The minimum absolute atomic E-state index is 0.0659. The summed E-state index contributed by atoms with van der Waals surface area (Å²) in [4.78, 5) is 12.2. The average Bonchev–Trinajstić information content (AvgIpc) is 3.06. The number of nitrogens with zero attached hydrogens (tertiary/aromatic N) is 1. The Morgan fingerprint density at radius 3 is 2.65 bits per heavy atom. The lowest BCUT2D eigenvalue weighted by Crippen LogP contribution is -2.43. The van der Waals surface area contributed by atoms with Gasteiger partial charge in [0.05, 0.1) is 0 Å². The number of amides is 1. The highest BCUT2D eigenvalue weighted by Crippen LogP contribution is 2.26. The van der Waals surface area contributed by atoms with Gasteiger partial charge in [-0.3, -0.25) is 4.79 Å². The van der Waals surface area contributed by atoms with Crippen molar-refractivity contribution < 1.29 is 13.2 Å². The maximum absolute atomic E-state index is 12.4. The lowest BCUT2D eigenvalue weighted by atomic mass is 9.97. The molecule has 0 unspecified atom stereocenters. The van der Waals surface area contributed by atoms with Gasteiger partial charge in [0, 0.05) is 25.6 Å². The largest absolute Gasteiger partial charge is 0.356 e. The number of sulfonamides is 1. The predicted octanol–water partition coefficient (Wildman–Crippen LogP) is 2.70. The van der Waals surface area contributed by atoms with Crippen LogP contribution in [-0.4, -0.2) is 38.3 Å². The Bertz CT molecular complexity index is 589. The van der Waals surface area contributed by atoms with Gasteiger partial charge in [0.1, 0.15) is 4.21 Å². The van der Waals surface area contributed by atoms with E-state index in [2.05, 4.69) is 19.2 Å². The van der Waals surface area contributed by atoms with E-state index in [0.717, 1.165) is 12.8 Å². The van der Waals surface area contributed by atoms with Crippen LogP contribution in [0, 0.1) is 11.8 Å². The van der Waals surface area contributed by atoms with Crippen molar-refractivity contribution in [1.82, 2.24) is 9.62 Å². The van der Waals surface area contributed by atoms with Crippen LogP contribution in [0.2, 0.25) is 0 Å². The summed E-state index contributed by atoms with van der Waals surface area (Å²) in [6.45, 7) is 5.90. The van der Waals surface area contributed by atoms with Crippen LogP contribution >= 0.6 is 11.3 Å². The Morgan fingerprint density at radius 1 is 1.39 bits per heavy atom. The van der Waals surface area contributed by atoms with Crippen molar-refractivity contribution in [2.24, 2.45) is 11.8 Å². The molecule has 0 aromatic carbocycles. The summed E-state index contributed by atoms with van der Waals surface area (Å²) in [7, 11) is -3.38. The topological polar surface area (TPSA) is 66.5 Å². The van der Waals surface area contributed by atoms with Gasteiger partial charge in [0.15, 0.2) is 0 Å². The number of hydrogen-bond donors (Lipinski definition) is 1. The van der Waals surface area contributed by atoms with Crippen LogP contribution in [0.15, 0.2) is 21.7 Å². The summed E-state index contributed by atoms with van der Waals surface area (Å²) in [5, 5.41) is 4.75. The monoisotopic (exact) mass is 358 g/mol. The number of hydrogen-bond acceptors (Lipinski definition) is 4. The van der Waals surface area contributed by atoms with E-state index in [9.17, 15) is 13.2 Å². The fourth-order valence-electron chi connectivity index (χ4n) is 2.76. The Hall–Kier alpha value is -0.920. The molecule has 1 amide bonds. The minimum Gasteiger partial charge on any atom is -0.356 e. The van der Waals surface area contributed by atoms with E-state index >= 15 is 0 Å². The van der Waals surface area contributed by atoms with Crippen molar-refractivity contribution in [3.63, 3.8) is 0 Å². The molecule has 1 aliphatic heterocycles. The summed E-state index contributed by atoms with van der Waals surface area (Å²) < 4.78 is 26.8. The molecule has 1 N–H and O–H groups in total. The van der Waals surface area contributed by atoms with Gasteiger partial charge in [-0.1, -0.05) is 19.9 Å². The third kappa shape index (κ3) is 5.02. The molecular formula is C16H26N2O3S2. The SMILES string of the molecule is CC(C)CCCNC(=O)C1CCN(S(=O)(=O)c2cccs2)CC1. The number of carbonyl (C=O) groups excluding carboxylic acids is 1. The van der Waals surface area contributed by atoms with Gasteiger partial charge in [-0.2, -0.15) is 4.31 Å². The maximum Gasteiger partial charge on any atom is 0.252 e. The number of nitrogens with one attached hydrogen (secondary N) is 1. The molecule has 23 heavy (non-hydrogen) atoms. The summed E-state index contributed by atoms with van der Waals surface area (Å²) >= 11 is 1.24. The molecule has 1 aliphatic rings. The number of piperidine rings is 1. The van der Waals surface area contributed by atoms with Crippen molar-refractivity contribution >= 4 is 27.3 Å². The molecule has 2 rings (SSSR count). The molecule has 1 fully saturated rings. The van der Waals surface area contributed by atoms with Crippen molar-refractivity contribution in [3.05, 3.63) is 17.5 Å². The smallest absolute Gasteiger partial charge is 0.252 e. The van der Waals surface area contributed by atoms with E-state index < -0.39 is 10.0 Å². The zero-order valence-corrected chi connectivity index (χ0v) is 15.5. The molecule has 0 bridgehead atoms. The molecule has 7 heteroatoms. The first-order valence-corrected chi connectivity index (χ1v) is 10.5. The zero-order chi connectivity index (χ0) is 16.9. The van der Waals surface area contributed by atoms with Crippen molar-refractivity contribution in [3.8, 4) is 0 Å². The Kier molecular flexibility index (Phi) is 6.61. The van der Waals surface area contributed by atoms with E-state index in [0.29, 0.717) is 42.6 Å². The highest BCUT2D eigenvalue weighted by atomic mass is 32.2. The Labute approximate surface area is 143 Å². The van der Waals surface area contributed by atoms with E-state index in [4.69, 9.17) is 0 Å². The van der Waals surface area contributed by atoms with Crippen molar-refractivity contribution in [2.45, 2.75) is 43.7 Å². The van der Waals surface area contributed by atoms with E-state index in [1.54, 1.807) is 17.5 Å². The summed E-state index contributed by atoms with van der Waals surface area (Å²) in [5.74, 6) is 0.656. The molecule has 1 aromatic rings. The normalized spacial score (nSPS) is 17.5. The van der Waals surface area contributed by atoms with Crippen LogP contribution in [0.5, 0.6) is 0 Å². The van der Waals surface area contributed by atoms with Gasteiger partial charge in [0.2, 0.25) is 5.91 Å². The first-order chi connectivity index (χ1) is 10.9. The molecule has 5 nitrogen and oxygen atoms in total. The minimum atomic E-state index is -3.38. The Balaban J connectivity index is 1.78. The molecule has 0 aliphatic carbocycles. The highest BCUT2D eigenvalue weighted by molar-refractivity contribution is 7.91. The van der Waals surface area contributed by atoms with E-state index in [-0.39, 0.29) is 11.8 Å². The summed E-state index contributed by atoms with van der Waals surface area (Å²) in [6, 6.07) is 3.38. The second kappa shape index (κ2) is 8.26. The number of thiophene rings is 1. The van der Waals surface area contributed by atoms with Crippen molar-refractivity contribution in [2.75, 3.05) is 19.6 Å². The van der Waals surface area contributed by atoms with Gasteiger partial charge < -0.3 is 5.32 Å². The molecule has 130 valence electrons. The average molecular weight is 359 g/mol. The number of carbonyl (C=O) groups is 1. The van der Waals surface area contributed by atoms with E-state index in [1.807, 2.05) is 0 Å². The van der Waals surface area contributed by atoms with Gasteiger partial charge >= 0.3 is 0 Å². The molecule has 0 atom stereocenters. The predicted molar refractivity (Wildman–Crippen MR) is 92.9 cm³/mol. The molecular weight excluding hydrogens is 332 g/mol. The quantitative estimate of drug-likeness (QED) is 0.762. The lowest BCUT2D eigenvalue weighted by Gasteiger charge is -2.30. The van der Waals surface area contributed by atoms with Crippen LogP contribution in [0.25, 0.3) is 0 Å². The van der Waals surface area contributed by atoms with Crippen LogP contribution in [0.3, 0.4) is 0 Å². The molecule has 1 saturated heterocycles. The third-order valence-electron chi connectivity index (χ3n) is 4.17. The first-order valence-electron chi connectivity index (χ1n) is 8.22. The van der Waals surface area contributed by atoms with Crippen LogP contribution in [-0.2, 0) is 14.8 Å². The molecule has 0 radical (unpaired) electrons. The fourth-order valence-corrected chi connectivity index (χ4v) is 5.38. The first kappa shape index (κ1) is 18.4. The van der Waals surface area contributed by atoms with Gasteiger partial charge in [-0.25, -0.2) is 8.42 Å². The van der Waals surface area contributed by atoms with Crippen molar-refractivity contribution in [1.29, 1.82) is 0 Å². The number of rotatable bonds is 7. The van der Waals surface area contributed by atoms with Crippen LogP contribution in [0.1, 0.15) is 39.5 Å². The lowest BCUT2D eigenvalue weighted by molar-refractivity contribution is -0.126. The summed E-state index contributed by atoms with van der Waals surface area (Å²) in [6.07, 6.45) is 3.30. The van der Waals surface area contributed by atoms with Crippen LogP contribution in [0.4, 0.5) is 0 Å². The Morgan fingerprint density at radius 2 is 2.09 bits per heavy atom. The van der Waals surface area contributed by atoms with Gasteiger partial charge in [-0.05, 0) is 43.0 Å². The molecule has 0 spiro atoms. The van der Waals surface area contributed by atoms with E-state index in [1.165, 1.54) is 15.6 Å². The second-order valence-corrected chi connectivity index (χ2v) is 9.55. The summed E-state index contributed by atoms with van der Waals surface area (Å²) in [5.41, 5.74) is 0. The standard InChI is InChI=1S/C16H26N2O3S2/c1-13(2)5-3-9-17-16(19)14-7-10-18(11-8-14)23(20,21)15-6-4-12-22-15/h4,6,12-14H,3,5,7-11H2,1-2H3,(H,17,19). The molecule has 2 heterocycles. The van der Waals surface area contributed by atoms with Gasteiger partial charge in [-0.15, -0.1) is 11.3 Å². The molecule has 1 aromatic heterocycles. The maximum atomic E-state index is 12.4. The second-order valence-electron chi connectivity index (χ2n) is 6.44. The highest BCUT2D eigenvalue weighted by Gasteiger charge is 2.32.